The summed E-state index contributed by atoms with van der Waals surface area (Å²) in [4.78, 5) is 29.1. The van der Waals surface area contributed by atoms with Gasteiger partial charge in [-0.05, 0) is 43.9 Å². The monoisotopic (exact) mass is 361 g/mol. The van der Waals surface area contributed by atoms with E-state index in [1.54, 1.807) is 12.1 Å². The molecule has 2 bridgehead atoms. The molecule has 3 saturated heterocycles. The number of nitrogens with one attached hydrogen (secondary N) is 1. The number of rotatable bonds is 6. The third kappa shape index (κ3) is 4.41. The van der Waals surface area contributed by atoms with Crippen molar-refractivity contribution in [2.24, 2.45) is 5.92 Å². The van der Waals surface area contributed by atoms with Gasteiger partial charge in [0.25, 0.3) is 5.91 Å². The summed E-state index contributed by atoms with van der Waals surface area (Å²) in [6, 6.07) is 6.34. The van der Waals surface area contributed by atoms with Crippen LogP contribution in [-0.4, -0.2) is 60.4 Å². The number of benzene rings is 1. The van der Waals surface area contributed by atoms with E-state index in [4.69, 9.17) is 0 Å². The normalized spacial score (nSPS) is 22.9. The largest absolute Gasteiger partial charge is 0.351 e. The predicted molar refractivity (Wildman–Crippen MR) is 98.3 cm³/mol. The Morgan fingerprint density at radius 3 is 2.77 bits per heavy atom. The number of carbonyl (C=O) groups excluding carboxylic acids is 2. The highest BCUT2D eigenvalue weighted by Crippen LogP contribution is 2.28. The Bertz CT molecular complexity index is 652. The lowest BCUT2D eigenvalue weighted by molar-refractivity contribution is -0.131. The first-order chi connectivity index (χ1) is 12.6. The van der Waals surface area contributed by atoms with Gasteiger partial charge < -0.3 is 10.2 Å². The summed E-state index contributed by atoms with van der Waals surface area (Å²) >= 11 is 0. The van der Waals surface area contributed by atoms with Gasteiger partial charge in [-0.15, -0.1) is 0 Å². The molecule has 3 aliphatic heterocycles. The Kier molecular flexibility index (Phi) is 6.25. The summed E-state index contributed by atoms with van der Waals surface area (Å²) in [7, 11) is 0. The zero-order valence-electron chi connectivity index (χ0n) is 15.4. The molecule has 2 amide bonds. The molecule has 26 heavy (non-hydrogen) atoms. The minimum Gasteiger partial charge on any atom is -0.351 e. The number of amides is 2. The average molecular weight is 361 g/mol. The number of carbonyl (C=O) groups is 2. The molecule has 142 valence electrons. The number of piperidine rings is 1. The highest BCUT2D eigenvalue weighted by molar-refractivity contribution is 5.94. The van der Waals surface area contributed by atoms with E-state index in [0.717, 1.165) is 32.6 Å². The molecule has 0 spiro atoms. The molecule has 6 heteroatoms. The van der Waals surface area contributed by atoms with Crippen molar-refractivity contribution in [3.63, 3.8) is 0 Å². The summed E-state index contributed by atoms with van der Waals surface area (Å²) in [5.74, 6) is -0.385. The number of nitrogens with zero attached hydrogens (tertiary/aromatic N) is 2. The van der Waals surface area contributed by atoms with Gasteiger partial charge in [-0.25, -0.2) is 4.39 Å². The molecule has 2 atom stereocenters. The van der Waals surface area contributed by atoms with Crippen LogP contribution in [0.4, 0.5) is 4.39 Å². The fourth-order valence-corrected chi connectivity index (χ4v) is 4.13. The van der Waals surface area contributed by atoms with Gasteiger partial charge in [-0.2, -0.15) is 0 Å². The smallest absolute Gasteiger partial charge is 0.254 e. The molecule has 3 heterocycles. The lowest BCUT2D eigenvalue weighted by atomic mass is 9.95. The van der Waals surface area contributed by atoms with E-state index in [2.05, 4.69) is 17.1 Å². The van der Waals surface area contributed by atoms with Crippen LogP contribution >= 0.6 is 0 Å². The number of hydrogen-bond acceptors (Lipinski definition) is 3. The lowest BCUT2D eigenvalue weighted by Crippen LogP contribution is -2.44. The minimum absolute atomic E-state index is 0.0166. The van der Waals surface area contributed by atoms with E-state index in [1.165, 1.54) is 25.0 Å². The zero-order chi connectivity index (χ0) is 18.5. The van der Waals surface area contributed by atoms with Gasteiger partial charge in [0.1, 0.15) is 5.82 Å². The summed E-state index contributed by atoms with van der Waals surface area (Å²) in [6.07, 6.45) is 3.75. The highest BCUT2D eigenvalue weighted by atomic mass is 19.1. The summed E-state index contributed by atoms with van der Waals surface area (Å²) in [5.41, 5.74) is 0.0166. The molecule has 1 aromatic rings. The fraction of sp³-hybridized carbons (Fsp3) is 0.600. The van der Waals surface area contributed by atoms with Gasteiger partial charge in [0.15, 0.2) is 0 Å². The molecule has 3 fully saturated rings. The third-order valence-corrected chi connectivity index (χ3v) is 5.43. The molecule has 0 aliphatic carbocycles. The van der Waals surface area contributed by atoms with Crippen molar-refractivity contribution in [1.29, 1.82) is 0 Å². The minimum atomic E-state index is -0.545. The first kappa shape index (κ1) is 18.8. The second kappa shape index (κ2) is 8.62. The van der Waals surface area contributed by atoms with E-state index in [1.807, 2.05) is 4.90 Å². The van der Waals surface area contributed by atoms with Crippen LogP contribution in [0.15, 0.2) is 24.3 Å². The molecular weight excluding hydrogens is 333 g/mol. The van der Waals surface area contributed by atoms with Gasteiger partial charge in [0.2, 0.25) is 5.91 Å². The van der Waals surface area contributed by atoms with Crippen LogP contribution in [0.1, 0.15) is 43.0 Å². The zero-order valence-corrected chi connectivity index (χ0v) is 15.4. The van der Waals surface area contributed by atoms with Crippen LogP contribution in [-0.2, 0) is 4.79 Å². The van der Waals surface area contributed by atoms with Gasteiger partial charge >= 0.3 is 0 Å². The van der Waals surface area contributed by atoms with Crippen molar-refractivity contribution in [2.45, 2.75) is 38.6 Å². The summed E-state index contributed by atoms with van der Waals surface area (Å²) < 4.78 is 13.6. The van der Waals surface area contributed by atoms with Gasteiger partial charge in [-0.1, -0.05) is 19.1 Å². The van der Waals surface area contributed by atoms with Crippen LogP contribution in [0.25, 0.3) is 0 Å². The maximum atomic E-state index is 13.6. The number of fused-ring (bicyclic) bond motifs is 4. The molecule has 0 unspecified atom stereocenters. The predicted octanol–water partition coefficient (Wildman–Crippen LogP) is 2.28. The summed E-state index contributed by atoms with van der Waals surface area (Å²) in [5, 5.41) is 2.66. The quantitative estimate of drug-likeness (QED) is 0.846. The van der Waals surface area contributed by atoms with Crippen molar-refractivity contribution in [2.75, 3.05) is 32.7 Å². The molecule has 0 radical (unpaired) electrons. The highest BCUT2D eigenvalue weighted by Gasteiger charge is 2.35. The van der Waals surface area contributed by atoms with Gasteiger partial charge in [-0.3, -0.25) is 14.5 Å². The molecule has 3 aliphatic rings. The van der Waals surface area contributed by atoms with Crippen molar-refractivity contribution in [3.05, 3.63) is 35.6 Å². The van der Waals surface area contributed by atoms with Crippen molar-refractivity contribution >= 4 is 11.8 Å². The van der Waals surface area contributed by atoms with E-state index in [0.29, 0.717) is 12.0 Å². The molecule has 4 rings (SSSR count). The van der Waals surface area contributed by atoms with Crippen LogP contribution in [0.3, 0.4) is 0 Å². The van der Waals surface area contributed by atoms with E-state index in [9.17, 15) is 14.0 Å². The van der Waals surface area contributed by atoms with E-state index < -0.39 is 11.7 Å². The average Bonchev–Trinajstić information content (AvgIpc) is 2.94. The van der Waals surface area contributed by atoms with Gasteiger partial charge in [0, 0.05) is 38.6 Å². The first-order valence-electron chi connectivity index (χ1n) is 9.63. The third-order valence-electron chi connectivity index (χ3n) is 5.43. The first-order valence-corrected chi connectivity index (χ1v) is 9.63. The molecule has 1 aromatic carbocycles. The SMILES string of the molecule is CCCN1C[C@H]2CC[C@@H]1CN(C(=O)CCNC(=O)c1ccccc1F)C2. The summed E-state index contributed by atoms with van der Waals surface area (Å²) in [6.45, 7) is 6.22. The molecule has 0 aromatic heterocycles. The van der Waals surface area contributed by atoms with Crippen LogP contribution < -0.4 is 5.32 Å². The topological polar surface area (TPSA) is 52.6 Å². The maximum Gasteiger partial charge on any atom is 0.254 e. The molecule has 0 saturated carbocycles. The van der Waals surface area contributed by atoms with E-state index in [-0.39, 0.29) is 24.4 Å². The van der Waals surface area contributed by atoms with Crippen LogP contribution in [0.2, 0.25) is 0 Å². The van der Waals surface area contributed by atoms with Crippen LogP contribution in [0, 0.1) is 11.7 Å². The Morgan fingerprint density at radius 2 is 2.00 bits per heavy atom. The molecule has 5 nitrogen and oxygen atoms in total. The maximum absolute atomic E-state index is 13.6. The molecular formula is C20H28FN3O2. The number of hydrogen-bond donors (Lipinski definition) is 1. The Hall–Kier alpha value is -1.95. The van der Waals surface area contributed by atoms with Crippen LogP contribution in [0.5, 0.6) is 0 Å². The second-order valence-corrected chi connectivity index (χ2v) is 7.38. The Balaban J connectivity index is 1.49. The van der Waals surface area contributed by atoms with Crippen molar-refractivity contribution < 1.29 is 14.0 Å². The van der Waals surface area contributed by atoms with E-state index >= 15 is 0 Å². The van der Waals surface area contributed by atoms with Crippen molar-refractivity contribution in [1.82, 2.24) is 15.1 Å². The van der Waals surface area contributed by atoms with Crippen molar-refractivity contribution in [3.8, 4) is 0 Å². The number of halogens is 1. The molecule has 1 N–H and O–H groups in total. The Labute approximate surface area is 154 Å². The Morgan fingerprint density at radius 1 is 1.19 bits per heavy atom. The standard InChI is InChI=1S/C20H28FN3O2/c1-2-11-23-12-15-7-8-16(23)14-24(13-15)19(25)9-10-22-20(26)17-5-3-4-6-18(17)21/h3-6,15-16H,2,7-14H2,1H3,(H,22,26)/t15-,16-/m1/s1. The van der Waals surface area contributed by atoms with Gasteiger partial charge in [0.05, 0.1) is 5.56 Å². The fourth-order valence-electron chi connectivity index (χ4n) is 4.13. The second-order valence-electron chi connectivity index (χ2n) is 7.38. The lowest BCUT2D eigenvalue weighted by Gasteiger charge is -2.35.